The van der Waals surface area contributed by atoms with Crippen LogP contribution in [0.3, 0.4) is 0 Å². The van der Waals surface area contributed by atoms with Crippen LogP contribution in [0.25, 0.3) is 0 Å². The molecule has 0 spiro atoms. The summed E-state index contributed by atoms with van der Waals surface area (Å²) in [5.74, 6) is 0.980. The van der Waals surface area contributed by atoms with Crippen LogP contribution in [-0.4, -0.2) is 6.61 Å². The number of ether oxygens (including phenoxy) is 1. The average Bonchev–Trinajstić information content (AvgIpc) is 2.27. The molecule has 0 unspecified atom stereocenters. The Labute approximate surface area is 93.8 Å². The summed E-state index contributed by atoms with van der Waals surface area (Å²) in [6, 6.07) is 9.97. The van der Waals surface area contributed by atoms with Crippen molar-refractivity contribution in [2.24, 2.45) is 0 Å². The molecule has 1 rings (SSSR count). The monoisotopic (exact) mass is 206 g/mol. The number of hydrogen-bond acceptors (Lipinski definition) is 1. The minimum absolute atomic E-state index is 0.845. The van der Waals surface area contributed by atoms with E-state index in [4.69, 9.17) is 4.74 Å². The predicted octanol–water partition coefficient (Wildman–Crippen LogP) is 4.45. The average molecular weight is 206 g/mol. The van der Waals surface area contributed by atoms with Gasteiger partial charge in [0.25, 0.3) is 0 Å². The fourth-order valence-electron chi connectivity index (χ4n) is 1.06. The Bertz CT molecular complexity index is 228. The molecule has 0 amide bonds. The van der Waals surface area contributed by atoms with Gasteiger partial charge in [-0.1, -0.05) is 44.0 Å². The van der Waals surface area contributed by atoms with E-state index in [1.54, 1.807) is 6.08 Å². The topological polar surface area (TPSA) is 9.23 Å². The van der Waals surface area contributed by atoms with E-state index in [0.717, 1.165) is 18.8 Å². The summed E-state index contributed by atoms with van der Waals surface area (Å²) in [4.78, 5) is 0. The predicted molar refractivity (Wildman–Crippen MR) is 67.3 cm³/mol. The van der Waals surface area contributed by atoms with Gasteiger partial charge >= 0.3 is 0 Å². The number of hydrogen-bond donors (Lipinski definition) is 0. The molecule has 15 heavy (non-hydrogen) atoms. The molecular formula is C14H22O. The molecule has 0 atom stereocenters. The number of allylic oxidation sites excluding steroid dienone is 1. The van der Waals surface area contributed by atoms with Gasteiger partial charge in [-0.15, -0.1) is 6.58 Å². The summed E-state index contributed by atoms with van der Waals surface area (Å²) in [5, 5.41) is 0. The van der Waals surface area contributed by atoms with Crippen LogP contribution in [0.4, 0.5) is 0 Å². The minimum Gasteiger partial charge on any atom is -0.494 e. The van der Waals surface area contributed by atoms with Crippen molar-refractivity contribution in [3.63, 3.8) is 0 Å². The second-order valence-electron chi connectivity index (χ2n) is 3.28. The van der Waals surface area contributed by atoms with Crippen molar-refractivity contribution in [3.05, 3.63) is 43.0 Å². The largest absolute Gasteiger partial charge is 0.494 e. The van der Waals surface area contributed by atoms with Crippen molar-refractivity contribution in [2.45, 2.75) is 33.1 Å². The maximum absolute atomic E-state index is 5.51. The van der Waals surface area contributed by atoms with Crippen molar-refractivity contribution < 1.29 is 4.74 Å². The lowest BCUT2D eigenvalue weighted by Gasteiger charge is -2.04. The van der Waals surface area contributed by atoms with Crippen LogP contribution in [0.5, 0.6) is 5.75 Å². The van der Waals surface area contributed by atoms with E-state index >= 15 is 0 Å². The van der Waals surface area contributed by atoms with E-state index in [9.17, 15) is 0 Å². The van der Waals surface area contributed by atoms with Gasteiger partial charge in [0.05, 0.1) is 6.61 Å². The van der Waals surface area contributed by atoms with E-state index in [2.05, 4.69) is 13.5 Å². The van der Waals surface area contributed by atoms with Gasteiger partial charge in [0.15, 0.2) is 0 Å². The molecule has 1 heteroatoms. The van der Waals surface area contributed by atoms with Gasteiger partial charge in [-0.3, -0.25) is 0 Å². The van der Waals surface area contributed by atoms with Crippen LogP contribution in [-0.2, 0) is 0 Å². The molecule has 0 radical (unpaired) electrons. The van der Waals surface area contributed by atoms with Crippen molar-refractivity contribution in [1.29, 1.82) is 0 Å². The Balaban J connectivity index is 0.000000583. The highest BCUT2D eigenvalue weighted by molar-refractivity contribution is 5.20. The summed E-state index contributed by atoms with van der Waals surface area (Å²) < 4.78 is 5.51. The number of unbranched alkanes of at least 4 members (excludes halogenated alkanes) is 2. The Hall–Kier alpha value is -1.24. The molecule has 0 bridgehead atoms. The number of rotatable bonds is 5. The highest BCUT2D eigenvalue weighted by Gasteiger charge is 1.89. The van der Waals surface area contributed by atoms with Crippen LogP contribution in [0.1, 0.15) is 33.1 Å². The summed E-state index contributed by atoms with van der Waals surface area (Å²) >= 11 is 0. The first-order valence-corrected chi connectivity index (χ1v) is 5.60. The molecule has 1 aromatic carbocycles. The molecule has 0 aliphatic carbocycles. The van der Waals surface area contributed by atoms with E-state index < -0.39 is 0 Å². The number of benzene rings is 1. The van der Waals surface area contributed by atoms with Crippen molar-refractivity contribution in [2.75, 3.05) is 6.61 Å². The van der Waals surface area contributed by atoms with E-state index in [1.807, 2.05) is 37.3 Å². The Kier molecular flexibility index (Phi) is 9.94. The molecule has 0 saturated heterocycles. The fourth-order valence-corrected chi connectivity index (χ4v) is 1.06. The van der Waals surface area contributed by atoms with Crippen LogP contribution in [0, 0.1) is 0 Å². The zero-order valence-corrected chi connectivity index (χ0v) is 9.91. The summed E-state index contributed by atoms with van der Waals surface area (Å²) in [6.07, 6.45) is 5.41. The third-order valence-electron chi connectivity index (χ3n) is 1.76. The summed E-state index contributed by atoms with van der Waals surface area (Å²) in [6.45, 7) is 8.29. The molecule has 0 aliphatic rings. The molecule has 0 aliphatic heterocycles. The molecule has 0 fully saturated rings. The first-order valence-electron chi connectivity index (χ1n) is 5.60. The minimum atomic E-state index is 0.845. The first kappa shape index (κ1) is 13.8. The molecule has 0 N–H and O–H groups in total. The van der Waals surface area contributed by atoms with Crippen LogP contribution in [0.2, 0.25) is 0 Å². The molecule has 1 nitrogen and oxygen atoms in total. The Morgan fingerprint density at radius 2 is 1.80 bits per heavy atom. The van der Waals surface area contributed by atoms with Gasteiger partial charge in [-0.05, 0) is 25.5 Å². The summed E-state index contributed by atoms with van der Waals surface area (Å²) in [7, 11) is 0. The third kappa shape index (κ3) is 9.07. The Morgan fingerprint density at radius 1 is 1.20 bits per heavy atom. The number of para-hydroxylation sites is 1. The van der Waals surface area contributed by atoms with E-state index in [1.165, 1.54) is 12.8 Å². The zero-order chi connectivity index (χ0) is 11.4. The van der Waals surface area contributed by atoms with Crippen LogP contribution < -0.4 is 4.74 Å². The van der Waals surface area contributed by atoms with Crippen LogP contribution >= 0.6 is 0 Å². The third-order valence-corrected chi connectivity index (χ3v) is 1.76. The standard InChI is InChI=1S/C11H16O.C3H6/c1-2-3-7-10-12-11-8-5-4-6-9-11;1-3-2/h4-6,8-9H,2-3,7,10H2,1H3;3H,1H2,2H3. The highest BCUT2D eigenvalue weighted by atomic mass is 16.5. The van der Waals surface area contributed by atoms with Crippen molar-refractivity contribution >= 4 is 0 Å². The molecular weight excluding hydrogens is 184 g/mol. The quantitative estimate of drug-likeness (QED) is 0.511. The first-order chi connectivity index (χ1) is 7.35. The Morgan fingerprint density at radius 3 is 2.33 bits per heavy atom. The maximum atomic E-state index is 5.51. The van der Waals surface area contributed by atoms with Gasteiger partial charge in [-0.25, -0.2) is 0 Å². The lowest BCUT2D eigenvalue weighted by Crippen LogP contribution is -1.96. The molecule has 84 valence electrons. The summed E-state index contributed by atoms with van der Waals surface area (Å²) in [5.41, 5.74) is 0. The van der Waals surface area contributed by atoms with Crippen molar-refractivity contribution in [3.8, 4) is 5.75 Å². The van der Waals surface area contributed by atoms with Gasteiger partial charge < -0.3 is 4.74 Å². The lowest BCUT2D eigenvalue weighted by atomic mass is 10.3. The molecule has 0 heterocycles. The molecule has 1 aromatic rings. The fraction of sp³-hybridized carbons (Fsp3) is 0.429. The van der Waals surface area contributed by atoms with Gasteiger partial charge in [0.1, 0.15) is 5.75 Å². The van der Waals surface area contributed by atoms with E-state index in [-0.39, 0.29) is 0 Å². The van der Waals surface area contributed by atoms with Gasteiger partial charge in [0, 0.05) is 0 Å². The zero-order valence-electron chi connectivity index (χ0n) is 9.91. The molecule has 0 aromatic heterocycles. The smallest absolute Gasteiger partial charge is 0.119 e. The van der Waals surface area contributed by atoms with Crippen molar-refractivity contribution in [1.82, 2.24) is 0 Å². The normalized spacial score (nSPS) is 8.67. The second kappa shape index (κ2) is 10.8. The highest BCUT2D eigenvalue weighted by Crippen LogP contribution is 2.08. The lowest BCUT2D eigenvalue weighted by molar-refractivity contribution is 0.306. The van der Waals surface area contributed by atoms with E-state index in [0.29, 0.717) is 0 Å². The van der Waals surface area contributed by atoms with Gasteiger partial charge in [0.2, 0.25) is 0 Å². The van der Waals surface area contributed by atoms with Gasteiger partial charge in [-0.2, -0.15) is 0 Å². The van der Waals surface area contributed by atoms with Crippen LogP contribution in [0.15, 0.2) is 43.0 Å². The maximum Gasteiger partial charge on any atom is 0.119 e. The SMILES string of the molecule is C=CC.CCCCCOc1ccccc1. The second-order valence-corrected chi connectivity index (χ2v) is 3.28. The molecule has 0 saturated carbocycles.